The number of thiazole rings is 1. The molecule has 0 unspecified atom stereocenters. The zero-order chi connectivity index (χ0) is 10.7. The van der Waals surface area contributed by atoms with Crippen LogP contribution in [0.25, 0.3) is 10.2 Å². The van der Waals surface area contributed by atoms with Crippen LogP contribution >= 0.6 is 11.3 Å². The first-order valence-corrected chi connectivity index (χ1v) is 5.60. The number of ether oxygens (including phenoxy) is 2. The van der Waals surface area contributed by atoms with Gasteiger partial charge < -0.3 is 9.47 Å². The monoisotopic (exact) mass is 223 g/mol. The van der Waals surface area contributed by atoms with Gasteiger partial charge in [0.2, 0.25) is 0 Å². The van der Waals surface area contributed by atoms with E-state index < -0.39 is 0 Å². The number of benzene rings is 1. The molecule has 0 aliphatic rings. The van der Waals surface area contributed by atoms with Gasteiger partial charge in [0, 0.05) is 13.2 Å². The first-order valence-electron chi connectivity index (χ1n) is 4.78. The standard InChI is InChI=1S/C11H13NO2S/c1-8-12-10-7-9(14-6-5-13-2)3-4-11(10)15-8/h3-4,7H,5-6H2,1-2H3. The fourth-order valence-corrected chi connectivity index (χ4v) is 2.16. The number of rotatable bonds is 4. The summed E-state index contributed by atoms with van der Waals surface area (Å²) in [5.74, 6) is 0.852. The summed E-state index contributed by atoms with van der Waals surface area (Å²) in [6.45, 7) is 3.19. The van der Waals surface area contributed by atoms with Crippen molar-refractivity contribution in [1.82, 2.24) is 4.98 Å². The van der Waals surface area contributed by atoms with Crippen molar-refractivity contribution in [2.75, 3.05) is 20.3 Å². The molecule has 80 valence electrons. The van der Waals surface area contributed by atoms with Gasteiger partial charge in [0.1, 0.15) is 12.4 Å². The van der Waals surface area contributed by atoms with Gasteiger partial charge in [-0.15, -0.1) is 11.3 Å². The highest BCUT2D eigenvalue weighted by atomic mass is 32.1. The molecule has 0 aliphatic carbocycles. The Kier molecular flexibility index (Phi) is 3.18. The lowest BCUT2D eigenvalue weighted by Crippen LogP contribution is -2.03. The number of aryl methyl sites for hydroxylation is 1. The molecule has 0 amide bonds. The van der Waals surface area contributed by atoms with E-state index >= 15 is 0 Å². The van der Waals surface area contributed by atoms with Crippen LogP contribution < -0.4 is 4.74 Å². The van der Waals surface area contributed by atoms with Gasteiger partial charge in [-0.1, -0.05) is 0 Å². The third-order valence-corrected chi connectivity index (χ3v) is 2.97. The van der Waals surface area contributed by atoms with Crippen molar-refractivity contribution in [3.05, 3.63) is 23.2 Å². The SMILES string of the molecule is COCCOc1ccc2sc(C)nc2c1. The molecule has 0 bridgehead atoms. The van der Waals surface area contributed by atoms with Crippen LogP contribution in [0.3, 0.4) is 0 Å². The van der Waals surface area contributed by atoms with E-state index in [1.807, 2.05) is 25.1 Å². The molecule has 3 nitrogen and oxygen atoms in total. The molecule has 0 spiro atoms. The van der Waals surface area contributed by atoms with Crippen molar-refractivity contribution in [2.24, 2.45) is 0 Å². The largest absolute Gasteiger partial charge is 0.491 e. The van der Waals surface area contributed by atoms with Gasteiger partial charge in [0.25, 0.3) is 0 Å². The molecule has 0 saturated heterocycles. The number of hydrogen-bond acceptors (Lipinski definition) is 4. The van der Waals surface area contributed by atoms with Gasteiger partial charge in [-0.2, -0.15) is 0 Å². The maximum absolute atomic E-state index is 5.50. The highest BCUT2D eigenvalue weighted by Gasteiger charge is 2.01. The van der Waals surface area contributed by atoms with Crippen molar-refractivity contribution in [1.29, 1.82) is 0 Å². The molecule has 0 N–H and O–H groups in total. The van der Waals surface area contributed by atoms with Crippen LogP contribution in [-0.2, 0) is 4.74 Å². The van der Waals surface area contributed by atoms with Crippen molar-refractivity contribution in [3.63, 3.8) is 0 Å². The second-order valence-corrected chi connectivity index (χ2v) is 4.44. The summed E-state index contributed by atoms with van der Waals surface area (Å²) in [7, 11) is 1.66. The lowest BCUT2D eigenvalue weighted by Gasteiger charge is -2.04. The molecule has 2 aromatic rings. The highest BCUT2D eigenvalue weighted by Crippen LogP contribution is 2.25. The average Bonchev–Trinajstić information content (AvgIpc) is 2.57. The third kappa shape index (κ3) is 2.46. The van der Waals surface area contributed by atoms with E-state index in [0.29, 0.717) is 13.2 Å². The fraction of sp³-hybridized carbons (Fsp3) is 0.364. The van der Waals surface area contributed by atoms with Crippen LogP contribution in [0.5, 0.6) is 5.75 Å². The summed E-state index contributed by atoms with van der Waals surface area (Å²) in [5.41, 5.74) is 1.01. The van der Waals surface area contributed by atoms with Gasteiger partial charge in [-0.05, 0) is 19.1 Å². The number of hydrogen-bond donors (Lipinski definition) is 0. The molecule has 0 fully saturated rings. The predicted molar refractivity (Wildman–Crippen MR) is 61.7 cm³/mol. The second kappa shape index (κ2) is 4.59. The quantitative estimate of drug-likeness (QED) is 0.747. The Bertz CT molecular complexity index is 453. The topological polar surface area (TPSA) is 31.4 Å². The minimum Gasteiger partial charge on any atom is -0.491 e. The van der Waals surface area contributed by atoms with Crippen LogP contribution in [-0.4, -0.2) is 25.3 Å². The van der Waals surface area contributed by atoms with E-state index in [1.165, 1.54) is 4.70 Å². The van der Waals surface area contributed by atoms with Crippen LogP contribution in [0.2, 0.25) is 0 Å². The van der Waals surface area contributed by atoms with Gasteiger partial charge in [-0.3, -0.25) is 0 Å². The second-order valence-electron chi connectivity index (χ2n) is 3.20. The number of methoxy groups -OCH3 is 1. The Morgan fingerprint density at radius 1 is 1.33 bits per heavy atom. The predicted octanol–water partition coefficient (Wildman–Crippen LogP) is 2.63. The molecule has 1 aromatic heterocycles. The summed E-state index contributed by atoms with van der Waals surface area (Å²) >= 11 is 1.70. The molecule has 4 heteroatoms. The molecule has 15 heavy (non-hydrogen) atoms. The van der Waals surface area contributed by atoms with Gasteiger partial charge >= 0.3 is 0 Å². The van der Waals surface area contributed by atoms with Crippen molar-refractivity contribution in [3.8, 4) is 5.75 Å². The Morgan fingerprint density at radius 3 is 3.00 bits per heavy atom. The summed E-state index contributed by atoms with van der Waals surface area (Å²) < 4.78 is 11.6. The Balaban J connectivity index is 2.15. The number of aromatic nitrogens is 1. The first-order chi connectivity index (χ1) is 7.29. The maximum atomic E-state index is 5.50. The average molecular weight is 223 g/mol. The van der Waals surface area contributed by atoms with E-state index in [-0.39, 0.29) is 0 Å². The van der Waals surface area contributed by atoms with E-state index in [9.17, 15) is 0 Å². The van der Waals surface area contributed by atoms with E-state index in [0.717, 1.165) is 16.3 Å². The summed E-state index contributed by atoms with van der Waals surface area (Å²) in [6.07, 6.45) is 0. The molecule has 0 radical (unpaired) electrons. The van der Waals surface area contributed by atoms with Crippen LogP contribution in [0.4, 0.5) is 0 Å². The normalized spacial score (nSPS) is 10.8. The first kappa shape index (κ1) is 10.4. The van der Waals surface area contributed by atoms with Crippen molar-refractivity contribution in [2.45, 2.75) is 6.92 Å². The van der Waals surface area contributed by atoms with E-state index in [4.69, 9.17) is 9.47 Å². The molecule has 1 heterocycles. The Morgan fingerprint density at radius 2 is 2.20 bits per heavy atom. The number of nitrogens with zero attached hydrogens (tertiary/aromatic N) is 1. The minimum absolute atomic E-state index is 0.575. The van der Waals surface area contributed by atoms with Gasteiger partial charge in [-0.25, -0.2) is 4.98 Å². The zero-order valence-electron chi connectivity index (χ0n) is 8.82. The summed E-state index contributed by atoms with van der Waals surface area (Å²) in [6, 6.07) is 5.98. The Hall–Kier alpha value is -1.13. The maximum Gasteiger partial charge on any atom is 0.121 e. The van der Waals surface area contributed by atoms with E-state index in [2.05, 4.69) is 4.98 Å². The molecular weight excluding hydrogens is 210 g/mol. The van der Waals surface area contributed by atoms with E-state index in [1.54, 1.807) is 18.4 Å². The molecular formula is C11H13NO2S. The Labute approximate surface area is 92.7 Å². The third-order valence-electron chi connectivity index (χ3n) is 2.02. The van der Waals surface area contributed by atoms with Gasteiger partial charge in [0.15, 0.2) is 0 Å². The zero-order valence-corrected chi connectivity index (χ0v) is 9.63. The lowest BCUT2D eigenvalue weighted by molar-refractivity contribution is 0.146. The molecule has 0 saturated carbocycles. The highest BCUT2D eigenvalue weighted by molar-refractivity contribution is 7.18. The molecule has 0 atom stereocenters. The smallest absolute Gasteiger partial charge is 0.121 e. The molecule has 2 rings (SSSR count). The van der Waals surface area contributed by atoms with Crippen molar-refractivity contribution >= 4 is 21.6 Å². The van der Waals surface area contributed by atoms with Gasteiger partial charge in [0.05, 0.1) is 21.8 Å². The summed E-state index contributed by atoms with van der Waals surface area (Å²) in [4.78, 5) is 4.41. The fourth-order valence-electron chi connectivity index (χ4n) is 1.36. The van der Waals surface area contributed by atoms with Crippen LogP contribution in [0.15, 0.2) is 18.2 Å². The van der Waals surface area contributed by atoms with Crippen molar-refractivity contribution < 1.29 is 9.47 Å². The number of fused-ring (bicyclic) bond motifs is 1. The molecule has 1 aromatic carbocycles. The molecule has 0 aliphatic heterocycles. The minimum atomic E-state index is 0.575. The van der Waals surface area contributed by atoms with Crippen LogP contribution in [0.1, 0.15) is 5.01 Å². The van der Waals surface area contributed by atoms with Crippen LogP contribution in [0, 0.1) is 6.92 Å². The lowest BCUT2D eigenvalue weighted by atomic mass is 10.3. The summed E-state index contributed by atoms with van der Waals surface area (Å²) in [5, 5.41) is 1.08.